The average molecular weight is 951 g/mol. The molecule has 0 spiro atoms. The number of carboxylic acids is 1. The van der Waals surface area contributed by atoms with Gasteiger partial charge in [0.15, 0.2) is 11.2 Å². The molecule has 4 rings (SSSR count). The zero-order valence-corrected chi connectivity index (χ0v) is 37.3. The van der Waals surface area contributed by atoms with Crippen LogP contribution in [0.5, 0.6) is 0 Å². The molecule has 25 nitrogen and oxygen atoms in total. The predicted molar refractivity (Wildman–Crippen MR) is 229 cm³/mol. The first-order valence-electron chi connectivity index (χ1n) is 19.8. The van der Waals surface area contributed by atoms with Gasteiger partial charge in [0.05, 0.1) is 62.7 Å². The summed E-state index contributed by atoms with van der Waals surface area (Å²) in [5, 5.41) is 17.4. The van der Waals surface area contributed by atoms with Crippen molar-refractivity contribution in [3.63, 3.8) is 0 Å². The summed E-state index contributed by atoms with van der Waals surface area (Å²) in [7, 11) is -8.34. The van der Waals surface area contributed by atoms with Crippen LogP contribution in [0.2, 0.25) is 0 Å². The normalized spacial score (nSPS) is 12.5. The molecule has 65 heavy (non-hydrogen) atoms. The molecule has 352 valence electrons. The molecule has 0 fully saturated rings. The number of anilines is 3. The lowest BCUT2D eigenvalue weighted by atomic mass is 10.1. The number of carbonyl (C=O) groups is 5. The van der Waals surface area contributed by atoms with Crippen LogP contribution in [-0.2, 0) is 61.9 Å². The monoisotopic (exact) mass is 950 g/mol. The van der Waals surface area contributed by atoms with Crippen LogP contribution in [0.4, 0.5) is 22.1 Å². The van der Waals surface area contributed by atoms with E-state index in [1.807, 2.05) is 0 Å². The van der Waals surface area contributed by atoms with Crippen molar-refractivity contribution in [2.75, 3.05) is 56.0 Å². The third-order valence-corrected chi connectivity index (χ3v) is 11.5. The summed E-state index contributed by atoms with van der Waals surface area (Å²) in [6.45, 7) is 4.76. The van der Waals surface area contributed by atoms with Gasteiger partial charge in [0.25, 0.3) is 11.5 Å². The molecule has 0 radical (unpaired) electrons. The van der Waals surface area contributed by atoms with Crippen LogP contribution in [0, 0.1) is 0 Å². The van der Waals surface area contributed by atoms with E-state index in [9.17, 15) is 43.0 Å². The number of hydrogen-bond donors (Lipinski definition) is 6. The van der Waals surface area contributed by atoms with Crippen molar-refractivity contribution < 1.29 is 74.8 Å². The number of nitrogen functional groups attached to an aromatic ring is 1. The Balaban J connectivity index is 1.30. The van der Waals surface area contributed by atoms with E-state index in [4.69, 9.17) is 42.3 Å². The van der Waals surface area contributed by atoms with E-state index >= 15 is 0 Å². The van der Waals surface area contributed by atoms with E-state index in [2.05, 4.69) is 35.9 Å². The Morgan fingerprint density at radius 3 is 2.14 bits per heavy atom. The van der Waals surface area contributed by atoms with Gasteiger partial charge in [-0.05, 0) is 70.5 Å². The fourth-order valence-electron chi connectivity index (χ4n) is 5.36. The summed E-state index contributed by atoms with van der Waals surface area (Å²) in [5.41, 5.74) is 5.70. The molecule has 0 aliphatic heterocycles. The molecule has 0 aliphatic rings. The topological polar surface area (TPSA) is 347 Å². The minimum Gasteiger partial charge on any atom is -0.480 e. The number of aromatic amines is 1. The second kappa shape index (κ2) is 24.8. The molecule has 2 heterocycles. The van der Waals surface area contributed by atoms with Gasteiger partial charge in [0.1, 0.15) is 18.8 Å². The molecular weight excluding hydrogens is 902 g/mol. The number of nitrogens with zero attached hydrogens (tertiary/aromatic N) is 3. The number of carbonyl (C=O) groups excluding carboxylic acids is 4. The van der Waals surface area contributed by atoms with Crippen molar-refractivity contribution in [2.24, 2.45) is 0 Å². The summed E-state index contributed by atoms with van der Waals surface area (Å²) in [4.78, 5) is 90.2. The fraction of sp³-hybridized carbons (Fsp3) is 0.395. The van der Waals surface area contributed by atoms with Crippen LogP contribution in [0.1, 0.15) is 66.9 Å². The number of aliphatic carboxylic acids is 1. The highest BCUT2D eigenvalue weighted by atomic mass is 31.2. The Labute approximate surface area is 370 Å². The van der Waals surface area contributed by atoms with Gasteiger partial charge < -0.3 is 30.9 Å². The van der Waals surface area contributed by atoms with Gasteiger partial charge in [-0.25, -0.2) is 33.5 Å². The Kier molecular flexibility index (Phi) is 19.6. The first-order chi connectivity index (χ1) is 31.0. The number of para-hydroxylation sites is 1. The van der Waals surface area contributed by atoms with Gasteiger partial charge in [-0.2, -0.15) is 4.98 Å². The van der Waals surface area contributed by atoms with Crippen LogP contribution >= 0.6 is 15.6 Å². The van der Waals surface area contributed by atoms with Crippen molar-refractivity contribution in [3.05, 3.63) is 81.9 Å². The van der Waals surface area contributed by atoms with Crippen LogP contribution < -0.4 is 27.2 Å². The minimum atomic E-state index is -4.24. The number of aromatic nitrogens is 4. The number of phosphoric acid groups is 2. The van der Waals surface area contributed by atoms with Crippen molar-refractivity contribution in [1.29, 1.82) is 0 Å². The molecule has 2 aromatic carbocycles. The largest absolute Gasteiger partial charge is 0.480 e. The van der Waals surface area contributed by atoms with E-state index in [-0.39, 0.29) is 66.9 Å². The molecule has 27 heteroatoms. The summed E-state index contributed by atoms with van der Waals surface area (Å²) >= 11 is 0. The molecule has 2 amide bonds. The van der Waals surface area contributed by atoms with E-state index in [0.29, 0.717) is 11.4 Å². The van der Waals surface area contributed by atoms with Gasteiger partial charge in [0, 0.05) is 17.7 Å². The average Bonchev–Trinajstić information content (AvgIpc) is 3.25. The van der Waals surface area contributed by atoms with Crippen molar-refractivity contribution in [3.8, 4) is 0 Å². The Hall–Kier alpha value is -6.17. The van der Waals surface area contributed by atoms with E-state index in [1.54, 1.807) is 26.0 Å². The van der Waals surface area contributed by atoms with Gasteiger partial charge in [-0.15, -0.1) is 0 Å². The third kappa shape index (κ3) is 16.1. The molecule has 1 unspecified atom stereocenters. The number of H-pyrrole nitrogens is 1. The smallest absolute Gasteiger partial charge is 0.475 e. The van der Waals surface area contributed by atoms with Crippen molar-refractivity contribution in [2.45, 2.75) is 59.2 Å². The summed E-state index contributed by atoms with van der Waals surface area (Å²) < 4.78 is 67.6. The Morgan fingerprint density at radius 1 is 0.846 bits per heavy atom. The number of benzene rings is 2. The number of rotatable bonds is 26. The number of carboxylic acid groups (broad SMARTS) is 1. The summed E-state index contributed by atoms with van der Waals surface area (Å²) in [6, 6.07) is 9.79. The molecule has 0 saturated carbocycles. The maximum Gasteiger partial charge on any atom is 0.475 e. The molecule has 0 bridgehead atoms. The second-order valence-electron chi connectivity index (χ2n) is 12.9. The number of ether oxygens (including phenoxy) is 2. The maximum atomic E-state index is 13.3. The molecule has 4 aromatic rings. The fourth-order valence-corrected chi connectivity index (χ4v) is 7.88. The maximum absolute atomic E-state index is 13.3. The van der Waals surface area contributed by atoms with Gasteiger partial charge in [0.2, 0.25) is 5.95 Å². The number of phosphoric ester groups is 2. The lowest BCUT2D eigenvalue weighted by molar-refractivity contribution is -0.140. The SMILES string of the molecule is CCOP(=O)(OCC)OCC(COC(=O)c1ccccc1NC(=O)OC(=O)CC[C@@H](NC(=O)c1ccc(NCc2cnc3nc(N)[nH]c(=O)c3n2)cc1)C(=O)O)OP(=O)(OCC)OCC. The number of fused-ring (bicyclic) bond motifs is 1. The molecular formula is C38H48N8O17P2. The number of hydrogen-bond acceptors (Lipinski definition) is 21. The highest BCUT2D eigenvalue weighted by Gasteiger charge is 2.35. The second-order valence-corrected chi connectivity index (χ2v) is 16.2. The highest BCUT2D eigenvalue weighted by Crippen LogP contribution is 2.52. The first-order valence-corrected chi connectivity index (χ1v) is 22.7. The van der Waals surface area contributed by atoms with E-state index in [1.165, 1.54) is 56.4 Å². The van der Waals surface area contributed by atoms with E-state index < -0.39 is 89.3 Å². The lowest BCUT2D eigenvalue weighted by Gasteiger charge is -2.24. The summed E-state index contributed by atoms with van der Waals surface area (Å²) in [6.07, 6.45) is -2.43. The van der Waals surface area contributed by atoms with Crippen LogP contribution in [0.15, 0.2) is 59.5 Å². The molecule has 2 aromatic heterocycles. The summed E-state index contributed by atoms with van der Waals surface area (Å²) in [5.74, 6) is -4.55. The molecule has 0 aliphatic carbocycles. The zero-order valence-electron chi connectivity index (χ0n) is 35.5. The van der Waals surface area contributed by atoms with E-state index in [0.717, 1.165) is 0 Å². The highest BCUT2D eigenvalue weighted by molar-refractivity contribution is 7.48. The number of amides is 2. The molecule has 7 N–H and O–H groups in total. The number of nitrogens with two attached hydrogens (primary N) is 1. The zero-order chi connectivity index (χ0) is 47.6. The minimum absolute atomic E-state index is 0.00318. The van der Waals surface area contributed by atoms with Gasteiger partial charge in [-0.1, -0.05) is 12.1 Å². The van der Waals surface area contributed by atoms with Gasteiger partial charge >= 0.3 is 39.6 Å². The third-order valence-electron chi connectivity index (χ3n) is 8.18. The Morgan fingerprint density at radius 2 is 1.49 bits per heavy atom. The van der Waals surface area contributed by atoms with Crippen LogP contribution in [0.3, 0.4) is 0 Å². The molecule has 0 saturated heterocycles. The van der Waals surface area contributed by atoms with Crippen LogP contribution in [-0.4, -0.2) is 107 Å². The number of esters is 2. The van der Waals surface area contributed by atoms with Gasteiger partial charge in [-0.3, -0.25) is 51.8 Å². The Bertz CT molecular complexity index is 2440. The standard InChI is InChI=1S/C38H48N8O17P2/c1-5-57-64(54,58-6-2)61-22-26(63-65(55,59-7-3)60-8-4)21-56-36(52)27-11-9-10-12-28(27)44-38(53)62-30(47)18-17-29(35(50)51)43-33(48)23-13-15-24(16-14-23)40-19-25-20-41-32-31(42-25)34(49)46-37(39)45-32/h9-16,20,26,29,40H,5-8,17-19,21-22H2,1-4H3,(H,43,48)(H,44,53)(H,50,51)(H3,39,41,45,46,49)/t26?,29-/m1/s1. The lowest BCUT2D eigenvalue weighted by Crippen LogP contribution is -2.41. The number of nitrogens with one attached hydrogen (secondary N) is 4. The van der Waals surface area contributed by atoms with Crippen molar-refractivity contribution >= 4 is 74.0 Å². The van der Waals surface area contributed by atoms with Crippen LogP contribution in [0.25, 0.3) is 11.2 Å². The quantitative estimate of drug-likeness (QED) is 0.0285. The predicted octanol–water partition coefficient (Wildman–Crippen LogP) is 4.57. The first kappa shape index (κ1) is 51.5. The molecule has 2 atom stereocenters. The van der Waals surface area contributed by atoms with Crippen molar-refractivity contribution in [1.82, 2.24) is 25.3 Å².